The quantitative estimate of drug-likeness (QED) is 0.393. The molecule has 0 aromatic carbocycles. The molecule has 1 unspecified atom stereocenters. The summed E-state index contributed by atoms with van der Waals surface area (Å²) in [6.07, 6.45) is -20.5. The number of hydrogen-bond donors (Lipinski definition) is 1. The molecule has 190 valence electrons. The SMILES string of the molecule is C/C(C(=O)[O-])=C(/CC(C)O)C(F)(F)C(F)(F)C(F)(F)C(F)(F)C(F)(C(F)(F)F)C(F)(F)F. The van der Waals surface area contributed by atoms with Gasteiger partial charge in [-0.2, -0.15) is 61.5 Å². The number of rotatable bonds is 8. The Morgan fingerprint density at radius 3 is 1.34 bits per heavy atom. The standard InChI is InChI=1S/C14H11F15O3/c1-4(30)3-6(5(2)7(31)32)8(15,16)10(18,19)12(22,23)11(20,21)9(17,13(24,25)26)14(27,28)29/h4,30H,3H2,1-2H3,(H,31,32)/p-1/b6-5+. The summed E-state index contributed by atoms with van der Waals surface area (Å²) in [4.78, 5) is 10.6. The summed E-state index contributed by atoms with van der Waals surface area (Å²) in [7, 11) is 0. The van der Waals surface area contributed by atoms with Gasteiger partial charge in [-0.1, -0.05) is 0 Å². The largest absolute Gasteiger partial charge is 0.545 e. The van der Waals surface area contributed by atoms with Crippen LogP contribution in [0.4, 0.5) is 65.9 Å². The molecular formula is C14H10F15O3-. The Hall–Kier alpha value is -1.88. The third kappa shape index (κ3) is 4.21. The zero-order valence-electron chi connectivity index (χ0n) is 15.2. The fourth-order valence-corrected chi connectivity index (χ4v) is 2.25. The molecule has 1 atom stereocenters. The fraction of sp³-hybridized carbons (Fsp3) is 0.786. The monoisotopic (exact) mass is 511 g/mol. The highest BCUT2D eigenvalue weighted by Crippen LogP contribution is 2.64. The Morgan fingerprint density at radius 2 is 1.09 bits per heavy atom. The zero-order chi connectivity index (χ0) is 26.5. The van der Waals surface area contributed by atoms with Gasteiger partial charge in [-0.05, 0) is 19.4 Å². The van der Waals surface area contributed by atoms with Crippen LogP contribution >= 0.6 is 0 Å². The average Bonchev–Trinajstić information content (AvgIpc) is 2.54. The van der Waals surface area contributed by atoms with Crippen molar-refractivity contribution in [3.05, 3.63) is 11.1 Å². The Bertz CT molecular complexity index is 731. The van der Waals surface area contributed by atoms with Crippen molar-refractivity contribution in [2.75, 3.05) is 0 Å². The molecule has 0 aliphatic heterocycles. The van der Waals surface area contributed by atoms with Crippen molar-refractivity contribution >= 4 is 5.97 Å². The first kappa shape index (κ1) is 30.1. The lowest BCUT2D eigenvalue weighted by Gasteiger charge is -2.43. The second-order valence-electron chi connectivity index (χ2n) is 6.40. The smallest absolute Gasteiger partial charge is 0.438 e. The van der Waals surface area contributed by atoms with Gasteiger partial charge < -0.3 is 15.0 Å². The van der Waals surface area contributed by atoms with Crippen LogP contribution < -0.4 is 5.11 Å². The normalized spacial score (nSPS) is 17.2. The molecule has 32 heavy (non-hydrogen) atoms. The molecule has 0 saturated heterocycles. The zero-order valence-corrected chi connectivity index (χ0v) is 15.2. The molecule has 0 saturated carbocycles. The highest BCUT2D eigenvalue weighted by atomic mass is 19.4. The number of carbonyl (C=O) groups is 1. The summed E-state index contributed by atoms with van der Waals surface area (Å²) in [5.74, 6) is -34.8. The van der Waals surface area contributed by atoms with Crippen molar-refractivity contribution in [2.45, 2.75) is 68.1 Å². The third-order valence-corrected chi connectivity index (χ3v) is 4.03. The van der Waals surface area contributed by atoms with Crippen LogP contribution in [-0.4, -0.2) is 58.9 Å². The Balaban J connectivity index is 7.22. The molecule has 0 aliphatic rings. The lowest BCUT2D eigenvalue weighted by molar-refractivity contribution is -0.455. The summed E-state index contributed by atoms with van der Waals surface area (Å²) < 4.78 is 199. The van der Waals surface area contributed by atoms with Crippen molar-refractivity contribution in [3.63, 3.8) is 0 Å². The first-order valence-corrected chi connectivity index (χ1v) is 7.59. The van der Waals surface area contributed by atoms with E-state index in [9.17, 15) is 75.8 Å². The van der Waals surface area contributed by atoms with Gasteiger partial charge in [0.2, 0.25) is 0 Å². The van der Waals surface area contributed by atoms with Crippen LogP contribution in [-0.2, 0) is 4.79 Å². The predicted octanol–water partition coefficient (Wildman–Crippen LogP) is 4.20. The van der Waals surface area contributed by atoms with Crippen molar-refractivity contribution in [3.8, 4) is 0 Å². The Morgan fingerprint density at radius 1 is 0.750 bits per heavy atom. The number of aliphatic hydroxyl groups excluding tert-OH is 1. The van der Waals surface area contributed by atoms with Crippen LogP contribution in [0, 0.1) is 0 Å². The van der Waals surface area contributed by atoms with Gasteiger partial charge in [0.25, 0.3) is 0 Å². The predicted molar refractivity (Wildman–Crippen MR) is 69.7 cm³/mol. The third-order valence-electron chi connectivity index (χ3n) is 4.03. The van der Waals surface area contributed by atoms with E-state index >= 15 is 0 Å². The van der Waals surface area contributed by atoms with Crippen LogP contribution in [0.1, 0.15) is 20.3 Å². The Kier molecular flexibility index (Phi) is 7.68. The van der Waals surface area contributed by atoms with E-state index in [0.29, 0.717) is 6.92 Å². The van der Waals surface area contributed by atoms with Gasteiger partial charge in [0, 0.05) is 12.0 Å². The van der Waals surface area contributed by atoms with Crippen molar-refractivity contribution in [1.29, 1.82) is 0 Å². The number of aliphatic carboxylic acids is 1. The molecule has 0 heterocycles. The molecule has 0 aliphatic carbocycles. The van der Waals surface area contributed by atoms with Crippen molar-refractivity contribution < 1.29 is 80.9 Å². The van der Waals surface area contributed by atoms with E-state index in [1.54, 1.807) is 0 Å². The van der Waals surface area contributed by atoms with E-state index < -0.39 is 71.4 Å². The van der Waals surface area contributed by atoms with Gasteiger partial charge in [-0.25, -0.2) is 4.39 Å². The number of aliphatic hydroxyl groups is 1. The number of carbonyl (C=O) groups excluding carboxylic acids is 1. The molecule has 0 radical (unpaired) electrons. The lowest BCUT2D eigenvalue weighted by Crippen LogP contribution is -2.75. The van der Waals surface area contributed by atoms with E-state index in [-0.39, 0.29) is 6.92 Å². The van der Waals surface area contributed by atoms with Gasteiger partial charge in [-0.15, -0.1) is 0 Å². The van der Waals surface area contributed by atoms with E-state index in [1.807, 2.05) is 0 Å². The van der Waals surface area contributed by atoms with E-state index in [4.69, 9.17) is 5.11 Å². The molecular weight excluding hydrogens is 501 g/mol. The first-order chi connectivity index (χ1) is 13.7. The summed E-state index contributed by atoms with van der Waals surface area (Å²) >= 11 is 0. The maximum atomic E-state index is 14.1. The van der Waals surface area contributed by atoms with Crippen LogP contribution in [0.25, 0.3) is 0 Å². The van der Waals surface area contributed by atoms with Gasteiger partial charge in [0.05, 0.1) is 12.1 Å². The number of carboxylic acids is 1. The molecule has 0 amide bonds. The maximum absolute atomic E-state index is 14.1. The van der Waals surface area contributed by atoms with Crippen LogP contribution in [0.15, 0.2) is 11.1 Å². The molecule has 0 fully saturated rings. The lowest BCUT2D eigenvalue weighted by atomic mass is 9.82. The number of halogens is 15. The summed E-state index contributed by atoms with van der Waals surface area (Å²) in [6.45, 7) is 0.390. The highest BCUT2D eigenvalue weighted by molar-refractivity contribution is 5.85. The summed E-state index contributed by atoms with van der Waals surface area (Å²) in [6, 6.07) is 0. The van der Waals surface area contributed by atoms with Crippen molar-refractivity contribution in [2.24, 2.45) is 0 Å². The van der Waals surface area contributed by atoms with E-state index in [2.05, 4.69) is 0 Å². The number of carboxylic acid groups (broad SMARTS) is 1. The van der Waals surface area contributed by atoms with E-state index in [0.717, 1.165) is 0 Å². The first-order valence-electron chi connectivity index (χ1n) is 7.59. The number of alkyl halides is 15. The Labute approximate surface area is 167 Å². The fourth-order valence-electron chi connectivity index (χ4n) is 2.25. The average molecular weight is 511 g/mol. The van der Waals surface area contributed by atoms with Crippen LogP contribution in [0.5, 0.6) is 0 Å². The minimum absolute atomic E-state index is 0.0573. The summed E-state index contributed by atoms with van der Waals surface area (Å²) in [5.41, 5.74) is -13.4. The molecule has 18 heteroatoms. The number of hydrogen-bond acceptors (Lipinski definition) is 3. The summed E-state index contributed by atoms with van der Waals surface area (Å²) in [5, 5.41) is 19.6. The van der Waals surface area contributed by atoms with Crippen LogP contribution in [0.3, 0.4) is 0 Å². The minimum atomic E-state index is -8.62. The van der Waals surface area contributed by atoms with Gasteiger partial charge in [0.15, 0.2) is 0 Å². The topological polar surface area (TPSA) is 60.4 Å². The minimum Gasteiger partial charge on any atom is -0.545 e. The van der Waals surface area contributed by atoms with Gasteiger partial charge in [0.1, 0.15) is 0 Å². The molecule has 0 aromatic rings. The molecule has 0 spiro atoms. The maximum Gasteiger partial charge on any atom is 0.438 e. The molecule has 3 nitrogen and oxygen atoms in total. The second-order valence-corrected chi connectivity index (χ2v) is 6.40. The van der Waals surface area contributed by atoms with Crippen LogP contribution in [0.2, 0.25) is 0 Å². The van der Waals surface area contributed by atoms with E-state index in [1.165, 1.54) is 0 Å². The van der Waals surface area contributed by atoms with Gasteiger partial charge >= 0.3 is 41.7 Å². The van der Waals surface area contributed by atoms with Crippen molar-refractivity contribution in [1.82, 2.24) is 0 Å². The molecule has 0 rings (SSSR count). The van der Waals surface area contributed by atoms with Gasteiger partial charge in [-0.3, -0.25) is 0 Å². The highest BCUT2D eigenvalue weighted by Gasteiger charge is 2.95. The second kappa shape index (κ2) is 8.16. The molecule has 1 N–H and O–H groups in total. The molecule has 0 bridgehead atoms. The molecule has 0 aromatic heterocycles.